The Morgan fingerprint density at radius 1 is 0.967 bits per heavy atom. The molecule has 30 heavy (non-hydrogen) atoms. The third-order valence-electron chi connectivity index (χ3n) is 5.76. The molecule has 2 aromatic rings. The summed E-state index contributed by atoms with van der Waals surface area (Å²) in [4.78, 5) is 4.75. The van der Waals surface area contributed by atoms with Crippen molar-refractivity contribution in [2.24, 2.45) is 4.99 Å². The van der Waals surface area contributed by atoms with Gasteiger partial charge in [0.25, 0.3) is 0 Å². The fraction of sp³-hybridized carbons (Fsp3) is 0.458. The molecule has 1 fully saturated rings. The fourth-order valence-corrected chi connectivity index (χ4v) is 5.02. The van der Waals surface area contributed by atoms with Crippen LogP contribution in [-0.4, -0.2) is 33.7 Å². The molecule has 0 amide bonds. The van der Waals surface area contributed by atoms with E-state index < -0.39 is 9.84 Å². The Balaban J connectivity index is 1.66. The molecule has 6 heteroatoms. The number of nitrogens with zero attached hydrogens (tertiary/aromatic N) is 1. The van der Waals surface area contributed by atoms with Crippen molar-refractivity contribution in [2.75, 3.05) is 19.3 Å². The topological polar surface area (TPSA) is 70.6 Å². The predicted molar refractivity (Wildman–Crippen MR) is 124 cm³/mol. The van der Waals surface area contributed by atoms with Crippen molar-refractivity contribution in [1.82, 2.24) is 10.6 Å². The minimum absolute atomic E-state index is 0.0717. The molecule has 0 aliphatic heterocycles. The Morgan fingerprint density at radius 2 is 1.60 bits per heavy atom. The van der Waals surface area contributed by atoms with Gasteiger partial charge in [-0.3, -0.25) is 0 Å². The highest BCUT2D eigenvalue weighted by Gasteiger charge is 2.35. The van der Waals surface area contributed by atoms with E-state index in [1.165, 1.54) is 37.5 Å². The number of benzene rings is 2. The van der Waals surface area contributed by atoms with Gasteiger partial charge in [0.15, 0.2) is 15.8 Å². The number of sulfone groups is 1. The first kappa shape index (κ1) is 22.3. The van der Waals surface area contributed by atoms with Gasteiger partial charge in [-0.05, 0) is 36.5 Å². The highest BCUT2D eigenvalue weighted by Crippen LogP contribution is 2.40. The lowest BCUT2D eigenvalue weighted by atomic mass is 9.79. The third kappa shape index (κ3) is 6.33. The predicted octanol–water partition coefficient (Wildman–Crippen LogP) is 3.80. The van der Waals surface area contributed by atoms with Gasteiger partial charge in [0.05, 0.1) is 12.3 Å². The average molecular weight is 428 g/mol. The maximum Gasteiger partial charge on any atom is 0.191 e. The summed E-state index contributed by atoms with van der Waals surface area (Å²) >= 11 is 0. The SMILES string of the molecule is CCNC(=NCc1ccc(CS(C)(=O)=O)cc1)NCC1(c2ccccc2)CCCC1. The molecule has 0 saturated heterocycles. The highest BCUT2D eigenvalue weighted by atomic mass is 32.2. The van der Waals surface area contributed by atoms with E-state index in [1.54, 1.807) is 0 Å². The zero-order valence-corrected chi connectivity index (χ0v) is 18.8. The summed E-state index contributed by atoms with van der Waals surface area (Å²) in [5, 5.41) is 6.92. The lowest BCUT2D eigenvalue weighted by Crippen LogP contribution is -2.44. The van der Waals surface area contributed by atoms with Crippen LogP contribution in [-0.2, 0) is 27.5 Å². The summed E-state index contributed by atoms with van der Waals surface area (Å²) in [6, 6.07) is 18.5. The molecule has 1 aliphatic carbocycles. The van der Waals surface area contributed by atoms with Gasteiger partial charge in [-0.15, -0.1) is 0 Å². The van der Waals surface area contributed by atoms with Gasteiger partial charge in [-0.1, -0.05) is 67.4 Å². The smallest absolute Gasteiger partial charge is 0.191 e. The van der Waals surface area contributed by atoms with Crippen LogP contribution in [0.3, 0.4) is 0 Å². The first-order chi connectivity index (χ1) is 14.4. The summed E-state index contributed by atoms with van der Waals surface area (Å²) in [6.45, 7) is 4.29. The molecule has 0 bridgehead atoms. The maximum atomic E-state index is 11.4. The molecule has 0 spiro atoms. The summed E-state index contributed by atoms with van der Waals surface area (Å²) in [7, 11) is -3.01. The van der Waals surface area contributed by atoms with Crippen LogP contribution in [0.5, 0.6) is 0 Å². The van der Waals surface area contributed by atoms with E-state index in [4.69, 9.17) is 4.99 Å². The minimum Gasteiger partial charge on any atom is -0.357 e. The molecule has 0 radical (unpaired) electrons. The third-order valence-corrected chi connectivity index (χ3v) is 6.61. The Bertz CT molecular complexity index is 932. The second-order valence-corrected chi connectivity index (χ2v) is 10.4. The normalized spacial score (nSPS) is 16.4. The van der Waals surface area contributed by atoms with E-state index >= 15 is 0 Å². The van der Waals surface area contributed by atoms with E-state index in [1.807, 2.05) is 24.3 Å². The Labute approximate surface area is 180 Å². The molecular formula is C24H33N3O2S. The molecule has 1 saturated carbocycles. The first-order valence-electron chi connectivity index (χ1n) is 10.7. The second-order valence-electron chi connectivity index (χ2n) is 8.29. The molecule has 2 aromatic carbocycles. The molecule has 5 nitrogen and oxygen atoms in total. The molecule has 162 valence electrons. The Morgan fingerprint density at radius 3 is 2.20 bits per heavy atom. The molecule has 0 heterocycles. The summed E-state index contributed by atoms with van der Waals surface area (Å²) in [5.74, 6) is 0.891. The van der Waals surface area contributed by atoms with Gasteiger partial charge >= 0.3 is 0 Å². The average Bonchev–Trinajstić information content (AvgIpc) is 3.21. The number of rotatable bonds is 8. The quantitative estimate of drug-likeness (QED) is 0.497. The van der Waals surface area contributed by atoms with Gasteiger partial charge < -0.3 is 10.6 Å². The minimum atomic E-state index is -3.01. The number of guanidine groups is 1. The fourth-order valence-electron chi connectivity index (χ4n) is 4.22. The molecule has 3 rings (SSSR count). The van der Waals surface area contributed by atoms with Gasteiger partial charge in [0.1, 0.15) is 0 Å². The van der Waals surface area contributed by atoms with Crippen LogP contribution in [0.4, 0.5) is 0 Å². The van der Waals surface area contributed by atoms with Crippen molar-refractivity contribution >= 4 is 15.8 Å². The van der Waals surface area contributed by atoms with E-state index in [9.17, 15) is 8.42 Å². The van der Waals surface area contributed by atoms with Crippen LogP contribution in [0.1, 0.15) is 49.3 Å². The van der Waals surface area contributed by atoms with Crippen molar-refractivity contribution in [3.63, 3.8) is 0 Å². The molecule has 0 atom stereocenters. The van der Waals surface area contributed by atoms with Crippen molar-refractivity contribution in [3.8, 4) is 0 Å². The second kappa shape index (κ2) is 10.1. The van der Waals surface area contributed by atoms with Gasteiger partial charge in [0.2, 0.25) is 0 Å². The van der Waals surface area contributed by atoms with Crippen molar-refractivity contribution in [2.45, 2.75) is 50.3 Å². The number of nitrogens with one attached hydrogen (secondary N) is 2. The van der Waals surface area contributed by atoms with Crippen LogP contribution < -0.4 is 10.6 Å². The molecule has 0 unspecified atom stereocenters. The molecule has 1 aliphatic rings. The van der Waals surface area contributed by atoms with Crippen LogP contribution in [0.2, 0.25) is 0 Å². The Hall–Kier alpha value is -2.34. The van der Waals surface area contributed by atoms with Gasteiger partial charge in [-0.25, -0.2) is 13.4 Å². The van der Waals surface area contributed by atoms with Crippen molar-refractivity contribution < 1.29 is 8.42 Å². The molecule has 2 N–H and O–H groups in total. The zero-order chi connectivity index (χ0) is 21.5. The van der Waals surface area contributed by atoms with E-state index in [-0.39, 0.29) is 11.2 Å². The monoisotopic (exact) mass is 427 g/mol. The molecule has 0 aromatic heterocycles. The van der Waals surface area contributed by atoms with Crippen molar-refractivity contribution in [3.05, 3.63) is 71.3 Å². The lowest BCUT2D eigenvalue weighted by Gasteiger charge is -2.30. The van der Waals surface area contributed by atoms with Crippen LogP contribution in [0.15, 0.2) is 59.6 Å². The van der Waals surface area contributed by atoms with E-state index in [0.717, 1.165) is 30.2 Å². The standard InChI is InChI=1S/C24H33N3O2S/c1-3-25-23(26-17-20-11-13-21(14-12-20)18-30(2,28)29)27-19-24(15-7-8-16-24)22-9-5-4-6-10-22/h4-6,9-14H,3,7-8,15-19H2,1-2H3,(H2,25,26,27). The number of aliphatic imine (C=N–C) groups is 1. The largest absolute Gasteiger partial charge is 0.357 e. The number of hydrogen-bond acceptors (Lipinski definition) is 3. The van der Waals surface area contributed by atoms with Gasteiger partial charge in [0, 0.05) is 24.8 Å². The summed E-state index contributed by atoms with van der Waals surface area (Å²) < 4.78 is 22.9. The maximum absolute atomic E-state index is 11.4. The summed E-state index contributed by atoms with van der Waals surface area (Å²) in [5.41, 5.74) is 3.45. The Kier molecular flexibility index (Phi) is 7.53. The number of hydrogen-bond donors (Lipinski definition) is 2. The van der Waals surface area contributed by atoms with E-state index in [2.05, 4.69) is 47.9 Å². The zero-order valence-electron chi connectivity index (χ0n) is 18.0. The van der Waals surface area contributed by atoms with Crippen LogP contribution >= 0.6 is 0 Å². The summed E-state index contributed by atoms with van der Waals surface area (Å²) in [6.07, 6.45) is 6.19. The van der Waals surface area contributed by atoms with Gasteiger partial charge in [-0.2, -0.15) is 0 Å². The molecular weight excluding hydrogens is 394 g/mol. The van der Waals surface area contributed by atoms with Crippen LogP contribution in [0, 0.1) is 0 Å². The van der Waals surface area contributed by atoms with Crippen LogP contribution in [0.25, 0.3) is 0 Å². The lowest BCUT2D eigenvalue weighted by molar-refractivity contribution is 0.431. The first-order valence-corrected chi connectivity index (χ1v) is 12.8. The highest BCUT2D eigenvalue weighted by molar-refractivity contribution is 7.89. The van der Waals surface area contributed by atoms with Crippen molar-refractivity contribution in [1.29, 1.82) is 0 Å². The van der Waals surface area contributed by atoms with E-state index in [0.29, 0.717) is 6.54 Å².